The van der Waals surface area contributed by atoms with Crippen LogP contribution < -0.4 is 24.8 Å². The van der Waals surface area contributed by atoms with Gasteiger partial charge >= 0.3 is 0 Å². The number of rotatable bonds is 9. The minimum Gasteiger partial charge on any atom is -0.506 e. The summed E-state index contributed by atoms with van der Waals surface area (Å²) in [6, 6.07) is 12.9. The molecule has 1 spiro atoms. The van der Waals surface area contributed by atoms with Gasteiger partial charge in [-0.25, -0.2) is 4.39 Å². The van der Waals surface area contributed by atoms with E-state index in [-0.39, 0.29) is 42.3 Å². The zero-order chi connectivity index (χ0) is 40.3. The van der Waals surface area contributed by atoms with Crippen molar-refractivity contribution >= 4 is 40.7 Å². The van der Waals surface area contributed by atoms with Crippen molar-refractivity contribution in [2.75, 3.05) is 67.6 Å². The van der Waals surface area contributed by atoms with Crippen LogP contribution in [0.25, 0.3) is 0 Å². The molecule has 0 unspecified atom stereocenters. The van der Waals surface area contributed by atoms with Gasteiger partial charge in [-0.15, -0.1) is 0 Å². The molecule has 5 aliphatic heterocycles. The number of phenols is 1. The number of fused-ring (bicyclic) bond motifs is 1. The second kappa shape index (κ2) is 15.2. The molecule has 9 rings (SSSR count). The number of piperazine rings is 1. The molecule has 3 aromatic carbocycles. The number of aliphatic hydroxyl groups excluding tert-OH is 1. The molecule has 3 aromatic rings. The van der Waals surface area contributed by atoms with E-state index in [1.807, 2.05) is 12.1 Å². The molecule has 2 atom stereocenters. The Balaban J connectivity index is 0.816. The summed E-state index contributed by atoms with van der Waals surface area (Å²) < 4.78 is 22.2. The van der Waals surface area contributed by atoms with Gasteiger partial charge in [0.25, 0.3) is 5.91 Å². The largest absolute Gasteiger partial charge is 0.506 e. The first kappa shape index (κ1) is 38.3. The van der Waals surface area contributed by atoms with Crippen molar-refractivity contribution in [3.8, 4) is 11.5 Å². The third-order valence-corrected chi connectivity index (χ3v) is 13.7. The van der Waals surface area contributed by atoms with Gasteiger partial charge in [-0.2, -0.15) is 0 Å². The number of imide groups is 1. The molecule has 5 fully saturated rings. The fraction of sp³-hybridized carbons (Fsp3) is 0.500. The van der Waals surface area contributed by atoms with Gasteiger partial charge in [0.1, 0.15) is 23.4 Å². The van der Waals surface area contributed by atoms with Gasteiger partial charge in [-0.3, -0.25) is 34.3 Å². The second-order valence-corrected chi connectivity index (χ2v) is 16.9. The van der Waals surface area contributed by atoms with Crippen LogP contribution in [0.15, 0.2) is 48.5 Å². The number of benzene rings is 3. The maximum atomic E-state index is 16.3. The SMILES string of the molecule is COc1cc(N2CCC(CN3CCN(c4ccc5c(c4)CN([C@H]4CCC(=O)NC4=O)C5=O)CC3)CC2)c(F)cc1[C@@H]1N(c2ccc(CO)cc2O)C(=O)C12CCCC2. The van der Waals surface area contributed by atoms with Crippen LogP contribution in [0, 0.1) is 17.2 Å². The number of piperidine rings is 2. The summed E-state index contributed by atoms with van der Waals surface area (Å²) in [5.74, 6) is -0.368. The standard InChI is InChI=1S/C44H51FN6O7/c1-58-38-23-36(33(45)22-32(38)40-44(12-2-3-13-44)43(57)51(40)34-7-4-28(26-52)20-37(34)53)49-14-10-27(11-15-49)24-47-16-18-48(19-17-47)30-5-6-31-29(21-30)25-50(42(31)56)35-8-9-39(54)46-41(35)55/h4-7,20-23,27,35,40,52-53H,2-3,8-19,24-26H2,1H3,(H,46,54,55)/t35-,40-/m0/s1. The Hall–Kier alpha value is -5.21. The molecular weight excluding hydrogens is 744 g/mol. The summed E-state index contributed by atoms with van der Waals surface area (Å²) >= 11 is 0. The third-order valence-electron chi connectivity index (χ3n) is 13.7. The summed E-state index contributed by atoms with van der Waals surface area (Å²) in [5.41, 5.74) is 3.91. The van der Waals surface area contributed by atoms with Gasteiger partial charge in [-0.05, 0) is 85.5 Å². The van der Waals surface area contributed by atoms with Gasteiger partial charge < -0.3 is 29.6 Å². The van der Waals surface area contributed by atoms with Crippen LogP contribution in [-0.2, 0) is 27.5 Å². The van der Waals surface area contributed by atoms with Crippen molar-refractivity contribution in [3.05, 3.63) is 76.6 Å². The Morgan fingerprint density at radius 3 is 2.33 bits per heavy atom. The number of amides is 4. The number of nitrogens with one attached hydrogen (secondary N) is 1. The summed E-state index contributed by atoms with van der Waals surface area (Å²) in [6.45, 7) is 6.09. The Morgan fingerprint density at radius 1 is 0.879 bits per heavy atom. The number of carbonyl (C=O) groups is 4. The molecule has 4 saturated heterocycles. The summed E-state index contributed by atoms with van der Waals surface area (Å²) in [7, 11) is 1.58. The zero-order valence-electron chi connectivity index (χ0n) is 32.9. The number of aliphatic hydroxyl groups is 1. The predicted octanol–water partition coefficient (Wildman–Crippen LogP) is 4.48. The zero-order valence-corrected chi connectivity index (χ0v) is 32.9. The molecule has 1 saturated carbocycles. The van der Waals surface area contributed by atoms with Gasteiger partial charge in [-0.1, -0.05) is 18.9 Å². The average molecular weight is 795 g/mol. The number of carbonyl (C=O) groups excluding carboxylic acids is 4. The van der Waals surface area contributed by atoms with E-state index >= 15 is 4.39 Å². The predicted molar refractivity (Wildman–Crippen MR) is 214 cm³/mol. The lowest BCUT2D eigenvalue weighted by Crippen LogP contribution is -2.62. The molecule has 0 aromatic heterocycles. The van der Waals surface area contributed by atoms with E-state index in [4.69, 9.17) is 4.74 Å². The molecule has 58 heavy (non-hydrogen) atoms. The van der Waals surface area contributed by atoms with E-state index in [9.17, 15) is 29.4 Å². The van der Waals surface area contributed by atoms with Crippen molar-refractivity contribution in [3.63, 3.8) is 0 Å². The number of anilines is 3. The Labute approximate surface area is 337 Å². The highest BCUT2D eigenvalue weighted by molar-refractivity contribution is 6.08. The highest BCUT2D eigenvalue weighted by Gasteiger charge is 2.63. The van der Waals surface area contributed by atoms with Gasteiger partial charge in [0.2, 0.25) is 17.7 Å². The van der Waals surface area contributed by atoms with E-state index in [0.29, 0.717) is 65.5 Å². The van der Waals surface area contributed by atoms with E-state index < -0.39 is 23.4 Å². The normalized spacial score (nSPS) is 23.8. The van der Waals surface area contributed by atoms with Crippen LogP contribution in [0.1, 0.15) is 84.5 Å². The minimum absolute atomic E-state index is 0.0712. The highest BCUT2D eigenvalue weighted by atomic mass is 19.1. The lowest BCUT2D eigenvalue weighted by atomic mass is 9.66. The first-order valence-electron chi connectivity index (χ1n) is 20.7. The van der Waals surface area contributed by atoms with Crippen LogP contribution in [-0.4, -0.2) is 103 Å². The molecule has 1 aliphatic carbocycles. The number of halogens is 1. The van der Waals surface area contributed by atoms with Crippen LogP contribution in [0.5, 0.6) is 11.5 Å². The summed E-state index contributed by atoms with van der Waals surface area (Å²) in [5, 5.41) is 22.8. The van der Waals surface area contributed by atoms with Crippen LogP contribution in [0.2, 0.25) is 0 Å². The highest BCUT2D eigenvalue weighted by Crippen LogP contribution is 2.62. The molecule has 0 bridgehead atoms. The summed E-state index contributed by atoms with van der Waals surface area (Å²) in [6.07, 6.45) is 5.65. The fourth-order valence-electron chi connectivity index (χ4n) is 10.6. The van der Waals surface area contributed by atoms with Crippen molar-refractivity contribution in [2.24, 2.45) is 11.3 Å². The summed E-state index contributed by atoms with van der Waals surface area (Å²) in [4.78, 5) is 61.2. The monoisotopic (exact) mass is 794 g/mol. The molecule has 6 aliphatic rings. The molecule has 5 heterocycles. The van der Waals surface area contributed by atoms with E-state index in [2.05, 4.69) is 26.1 Å². The van der Waals surface area contributed by atoms with Crippen molar-refractivity contribution in [2.45, 2.75) is 76.6 Å². The lowest BCUT2D eigenvalue weighted by Gasteiger charge is -2.55. The van der Waals surface area contributed by atoms with Crippen LogP contribution >= 0.6 is 0 Å². The topological polar surface area (TPSA) is 146 Å². The number of nitrogens with zero attached hydrogens (tertiary/aromatic N) is 5. The maximum absolute atomic E-state index is 16.3. The Bertz CT molecular complexity index is 2140. The fourth-order valence-corrected chi connectivity index (χ4v) is 10.6. The van der Waals surface area contributed by atoms with E-state index in [1.165, 1.54) is 12.1 Å². The number of methoxy groups -OCH3 is 1. The average Bonchev–Trinajstić information content (AvgIpc) is 3.87. The maximum Gasteiger partial charge on any atom is 0.255 e. The Morgan fingerprint density at radius 2 is 1.64 bits per heavy atom. The Kier molecular flexibility index (Phi) is 10.0. The number of ether oxygens (including phenoxy) is 1. The van der Waals surface area contributed by atoms with Crippen molar-refractivity contribution in [1.29, 1.82) is 0 Å². The molecule has 4 amide bonds. The molecular formula is C44H51FN6O7. The van der Waals surface area contributed by atoms with E-state index in [1.54, 1.807) is 35.1 Å². The smallest absolute Gasteiger partial charge is 0.255 e. The molecule has 14 heteroatoms. The quantitative estimate of drug-likeness (QED) is 0.210. The van der Waals surface area contributed by atoms with Crippen molar-refractivity contribution in [1.82, 2.24) is 15.1 Å². The van der Waals surface area contributed by atoms with Crippen LogP contribution in [0.3, 0.4) is 0 Å². The number of β-lactam (4-membered cyclic amide) rings is 1. The van der Waals surface area contributed by atoms with E-state index in [0.717, 1.165) is 82.7 Å². The molecule has 3 N–H and O–H groups in total. The van der Waals surface area contributed by atoms with Gasteiger partial charge in [0, 0.05) is 81.7 Å². The minimum atomic E-state index is -0.671. The first-order chi connectivity index (χ1) is 28.1. The molecule has 0 radical (unpaired) electrons. The number of hydrogen-bond donors (Lipinski definition) is 3. The molecule has 306 valence electrons. The lowest BCUT2D eigenvalue weighted by molar-refractivity contribution is -0.140. The van der Waals surface area contributed by atoms with Gasteiger partial charge in [0.05, 0.1) is 36.5 Å². The number of hydrogen-bond acceptors (Lipinski definition) is 10. The number of aromatic hydroxyl groups is 1. The van der Waals surface area contributed by atoms with Gasteiger partial charge in [0.15, 0.2) is 0 Å². The molecule has 13 nitrogen and oxygen atoms in total. The van der Waals surface area contributed by atoms with Crippen LogP contribution in [0.4, 0.5) is 21.5 Å². The van der Waals surface area contributed by atoms with Crippen molar-refractivity contribution < 1.29 is 38.5 Å². The second-order valence-electron chi connectivity index (χ2n) is 16.9. The first-order valence-corrected chi connectivity index (χ1v) is 20.7. The third kappa shape index (κ3) is 6.54. The number of phenolic OH excluding ortho intramolecular Hbond substituents is 1.